The Kier molecular flexibility index (Phi) is 6.21. The maximum absolute atomic E-state index is 12.3. The molecule has 2 aromatic carbocycles. The van der Waals surface area contributed by atoms with Crippen LogP contribution in [-0.2, 0) is 11.2 Å². The molecule has 0 aliphatic heterocycles. The molecule has 2 amide bonds. The number of hydrogen-bond donors (Lipinski definition) is 2. The first-order valence-electron chi connectivity index (χ1n) is 8.38. The van der Waals surface area contributed by atoms with E-state index in [4.69, 9.17) is 11.6 Å². The number of hydrogen-bond acceptors (Lipinski definition) is 4. The van der Waals surface area contributed by atoms with Gasteiger partial charge in [-0.1, -0.05) is 41.9 Å². The van der Waals surface area contributed by atoms with Gasteiger partial charge in [0.05, 0.1) is 0 Å². The van der Waals surface area contributed by atoms with Gasteiger partial charge in [-0.2, -0.15) is 0 Å². The van der Waals surface area contributed by atoms with Crippen LogP contribution in [0.4, 0.5) is 10.8 Å². The number of carbonyl (C=O) groups excluding carboxylic acids is 2. The lowest BCUT2D eigenvalue weighted by Gasteiger charge is -2.07. The molecule has 0 aliphatic rings. The van der Waals surface area contributed by atoms with Crippen molar-refractivity contribution < 1.29 is 9.59 Å². The zero-order chi connectivity index (χ0) is 19.2. The predicted octanol–water partition coefficient (Wildman–Crippen LogP) is 4.93. The van der Waals surface area contributed by atoms with Gasteiger partial charge in [0.2, 0.25) is 5.91 Å². The van der Waals surface area contributed by atoms with E-state index in [1.54, 1.807) is 23.6 Å². The van der Waals surface area contributed by atoms with Gasteiger partial charge in [-0.3, -0.25) is 9.59 Å². The number of aryl methyl sites for hydroxylation is 2. The van der Waals surface area contributed by atoms with E-state index in [-0.39, 0.29) is 17.5 Å². The third kappa shape index (κ3) is 5.39. The lowest BCUT2D eigenvalue weighted by Crippen LogP contribution is -2.15. The van der Waals surface area contributed by atoms with E-state index in [1.807, 2.05) is 37.3 Å². The molecule has 138 valence electrons. The highest BCUT2D eigenvalue weighted by atomic mass is 35.5. The van der Waals surface area contributed by atoms with Crippen LogP contribution in [0.3, 0.4) is 0 Å². The van der Waals surface area contributed by atoms with Gasteiger partial charge in [-0.25, -0.2) is 4.98 Å². The number of rotatable bonds is 6. The number of aromatic nitrogens is 1. The molecule has 0 radical (unpaired) electrons. The van der Waals surface area contributed by atoms with Crippen LogP contribution in [0.1, 0.15) is 28.0 Å². The summed E-state index contributed by atoms with van der Waals surface area (Å²) < 4.78 is 0. The zero-order valence-electron chi connectivity index (χ0n) is 14.7. The topological polar surface area (TPSA) is 71.1 Å². The van der Waals surface area contributed by atoms with Gasteiger partial charge >= 0.3 is 0 Å². The third-order valence-corrected chi connectivity index (χ3v) is 4.90. The van der Waals surface area contributed by atoms with Gasteiger partial charge < -0.3 is 10.6 Å². The Morgan fingerprint density at radius 2 is 1.89 bits per heavy atom. The van der Waals surface area contributed by atoms with Crippen molar-refractivity contribution in [2.24, 2.45) is 0 Å². The number of carbonyl (C=O) groups is 2. The van der Waals surface area contributed by atoms with Gasteiger partial charge in [-0.05, 0) is 42.7 Å². The molecule has 1 aromatic heterocycles. The van der Waals surface area contributed by atoms with E-state index < -0.39 is 0 Å². The maximum atomic E-state index is 12.3. The minimum atomic E-state index is -0.332. The van der Waals surface area contributed by atoms with E-state index in [2.05, 4.69) is 15.6 Å². The molecule has 0 aliphatic carbocycles. The van der Waals surface area contributed by atoms with E-state index in [9.17, 15) is 9.59 Å². The standard InChI is InChI=1S/C20H18ClN3O2S/c1-13-11-15(21)8-9-16(13)22-19(26)17-12-27-20(23-17)24-18(25)10-7-14-5-3-2-4-6-14/h2-6,8-9,11-12H,7,10H2,1H3,(H,22,26)(H,23,24,25). The summed E-state index contributed by atoms with van der Waals surface area (Å²) in [5, 5.41) is 8.18. The molecule has 0 saturated heterocycles. The second-order valence-electron chi connectivity index (χ2n) is 5.99. The molecule has 27 heavy (non-hydrogen) atoms. The van der Waals surface area contributed by atoms with Crippen LogP contribution in [0, 0.1) is 6.92 Å². The highest BCUT2D eigenvalue weighted by molar-refractivity contribution is 7.14. The monoisotopic (exact) mass is 399 g/mol. The molecular formula is C20H18ClN3O2S. The van der Waals surface area contributed by atoms with Crippen molar-refractivity contribution in [1.82, 2.24) is 4.98 Å². The Hall–Kier alpha value is -2.70. The molecule has 3 rings (SSSR count). The van der Waals surface area contributed by atoms with E-state index >= 15 is 0 Å². The van der Waals surface area contributed by atoms with E-state index in [0.717, 1.165) is 11.1 Å². The number of benzene rings is 2. The van der Waals surface area contributed by atoms with Crippen LogP contribution in [0.25, 0.3) is 0 Å². The molecular weight excluding hydrogens is 382 g/mol. The fourth-order valence-corrected chi connectivity index (χ4v) is 3.41. The molecule has 0 atom stereocenters. The summed E-state index contributed by atoms with van der Waals surface area (Å²) in [4.78, 5) is 28.6. The highest BCUT2D eigenvalue weighted by Crippen LogP contribution is 2.21. The number of nitrogens with one attached hydrogen (secondary N) is 2. The number of thiazole rings is 1. The number of anilines is 2. The smallest absolute Gasteiger partial charge is 0.275 e. The Bertz CT molecular complexity index is 957. The van der Waals surface area contributed by atoms with Crippen molar-refractivity contribution >= 4 is 45.6 Å². The molecule has 3 aromatic rings. The number of nitrogens with zero attached hydrogens (tertiary/aromatic N) is 1. The fourth-order valence-electron chi connectivity index (χ4n) is 2.47. The molecule has 0 fully saturated rings. The molecule has 0 spiro atoms. The average Bonchev–Trinajstić information content (AvgIpc) is 3.12. The van der Waals surface area contributed by atoms with Crippen LogP contribution in [-0.4, -0.2) is 16.8 Å². The summed E-state index contributed by atoms with van der Waals surface area (Å²) in [6.45, 7) is 1.86. The van der Waals surface area contributed by atoms with Gasteiger partial charge in [0.25, 0.3) is 5.91 Å². The molecule has 7 heteroatoms. The minimum Gasteiger partial charge on any atom is -0.320 e. The summed E-state index contributed by atoms with van der Waals surface area (Å²) in [6.07, 6.45) is 1.01. The largest absolute Gasteiger partial charge is 0.320 e. The first-order valence-corrected chi connectivity index (χ1v) is 9.64. The van der Waals surface area contributed by atoms with Crippen molar-refractivity contribution in [2.45, 2.75) is 19.8 Å². The van der Waals surface area contributed by atoms with E-state index in [1.165, 1.54) is 11.3 Å². The summed E-state index contributed by atoms with van der Waals surface area (Å²) in [5.41, 5.74) is 2.89. The Morgan fingerprint density at radius 1 is 1.11 bits per heavy atom. The van der Waals surface area contributed by atoms with Crippen LogP contribution < -0.4 is 10.6 Å². The second-order valence-corrected chi connectivity index (χ2v) is 7.28. The van der Waals surface area contributed by atoms with Crippen molar-refractivity contribution in [2.75, 3.05) is 10.6 Å². The van der Waals surface area contributed by atoms with Crippen LogP contribution in [0.2, 0.25) is 5.02 Å². The van der Waals surface area contributed by atoms with E-state index in [0.29, 0.717) is 28.7 Å². The van der Waals surface area contributed by atoms with Crippen molar-refractivity contribution in [3.63, 3.8) is 0 Å². The summed E-state index contributed by atoms with van der Waals surface area (Å²) in [5.74, 6) is -0.463. The van der Waals surface area contributed by atoms with Gasteiger partial charge in [0, 0.05) is 22.5 Å². The molecule has 5 nitrogen and oxygen atoms in total. The summed E-state index contributed by atoms with van der Waals surface area (Å²) in [6, 6.07) is 15.0. The molecule has 1 heterocycles. The quantitative estimate of drug-likeness (QED) is 0.617. The third-order valence-electron chi connectivity index (χ3n) is 3.90. The molecule has 0 bridgehead atoms. The maximum Gasteiger partial charge on any atom is 0.275 e. The lowest BCUT2D eigenvalue weighted by molar-refractivity contribution is -0.116. The Morgan fingerprint density at radius 3 is 2.63 bits per heavy atom. The summed E-state index contributed by atoms with van der Waals surface area (Å²) in [7, 11) is 0. The first-order chi connectivity index (χ1) is 13.0. The number of amides is 2. The second kappa shape index (κ2) is 8.79. The molecule has 0 unspecified atom stereocenters. The first kappa shape index (κ1) is 19.1. The highest BCUT2D eigenvalue weighted by Gasteiger charge is 2.13. The zero-order valence-corrected chi connectivity index (χ0v) is 16.2. The fraction of sp³-hybridized carbons (Fsp3) is 0.150. The van der Waals surface area contributed by atoms with Crippen LogP contribution >= 0.6 is 22.9 Å². The SMILES string of the molecule is Cc1cc(Cl)ccc1NC(=O)c1csc(NC(=O)CCc2ccccc2)n1. The van der Waals surface area contributed by atoms with Crippen molar-refractivity contribution in [3.05, 3.63) is 75.8 Å². The average molecular weight is 400 g/mol. The number of halogens is 1. The predicted molar refractivity (Wildman–Crippen MR) is 110 cm³/mol. The van der Waals surface area contributed by atoms with Crippen LogP contribution in [0.15, 0.2) is 53.9 Å². The minimum absolute atomic E-state index is 0.131. The van der Waals surface area contributed by atoms with Gasteiger partial charge in [-0.15, -0.1) is 11.3 Å². The Labute approximate surface area is 166 Å². The summed E-state index contributed by atoms with van der Waals surface area (Å²) >= 11 is 7.14. The molecule has 2 N–H and O–H groups in total. The van der Waals surface area contributed by atoms with Crippen molar-refractivity contribution in [1.29, 1.82) is 0 Å². The van der Waals surface area contributed by atoms with Crippen molar-refractivity contribution in [3.8, 4) is 0 Å². The normalized spacial score (nSPS) is 10.4. The molecule has 0 saturated carbocycles. The van der Waals surface area contributed by atoms with Gasteiger partial charge in [0.15, 0.2) is 5.13 Å². The lowest BCUT2D eigenvalue weighted by atomic mass is 10.1. The Balaban J connectivity index is 1.55. The van der Waals surface area contributed by atoms with Crippen LogP contribution in [0.5, 0.6) is 0 Å². The van der Waals surface area contributed by atoms with Gasteiger partial charge in [0.1, 0.15) is 5.69 Å².